The van der Waals surface area contributed by atoms with Gasteiger partial charge in [-0.15, -0.1) is 0 Å². The number of rotatable bonds is 7. The lowest BCUT2D eigenvalue weighted by atomic mass is 10.2. The molecule has 0 bridgehead atoms. The third-order valence-electron chi connectivity index (χ3n) is 2.14. The van der Waals surface area contributed by atoms with Crippen molar-refractivity contribution in [3.8, 4) is 5.75 Å². The first-order chi connectivity index (χ1) is 9.45. The van der Waals surface area contributed by atoms with Crippen LogP contribution in [0.5, 0.6) is 5.75 Å². The average molecular weight is 521 g/mol. The number of carbonyl (C=O) groups is 2. The van der Waals surface area contributed by atoms with Gasteiger partial charge in [-0.25, -0.2) is 0 Å². The molecule has 0 fully saturated rings. The van der Waals surface area contributed by atoms with Crippen molar-refractivity contribution in [1.82, 2.24) is 0 Å². The van der Waals surface area contributed by atoms with E-state index in [4.69, 9.17) is 9.47 Å². The molecule has 0 amide bonds. The predicted octanol–water partition coefficient (Wildman–Crippen LogP) is 1.50. The molecule has 1 rings (SSSR count). The Hall–Kier alpha value is -0.230. The molecule has 0 unspecified atom stereocenters. The monoisotopic (exact) mass is 521 g/mol. The van der Waals surface area contributed by atoms with E-state index in [9.17, 15) is 14.7 Å². The smallest absolute Gasteiger partial charge is 0.306 e. The van der Waals surface area contributed by atoms with Crippen molar-refractivity contribution in [2.45, 2.75) is 6.42 Å². The number of aromatic carboxylic acids is 1. The number of carboxylic acids is 1. The number of carboxylic acid groups (broad SMARTS) is 1. The third-order valence-corrected chi connectivity index (χ3v) is 3.78. The Labute approximate surface area is 149 Å². The highest BCUT2D eigenvalue weighted by atomic mass is 127. The molecule has 0 saturated carbocycles. The highest BCUT2D eigenvalue weighted by Crippen LogP contribution is 2.28. The number of benzene rings is 1. The standard InChI is InChI=1S/C12H12I2O5S/c13-7-5-8(12(16)17)11(9(14)6-7)19-3-2-18-10(15)1-4-20/h5-6,20H,1-4H2,(H,16,17)/p-1. The molecule has 0 spiro atoms. The molecule has 0 atom stereocenters. The molecule has 0 aliphatic rings. The maximum Gasteiger partial charge on any atom is 0.306 e. The van der Waals surface area contributed by atoms with Gasteiger partial charge in [0, 0.05) is 14.9 Å². The number of thiol groups is 1. The Balaban J connectivity index is 2.64. The number of hydrogen-bond acceptors (Lipinski definition) is 6. The van der Waals surface area contributed by atoms with Crippen molar-refractivity contribution in [3.63, 3.8) is 0 Å². The summed E-state index contributed by atoms with van der Waals surface area (Å²) in [6.07, 6.45) is 0.231. The first-order valence-corrected chi connectivity index (χ1v) is 8.34. The molecule has 0 aromatic heterocycles. The van der Waals surface area contributed by atoms with Crippen LogP contribution < -0.4 is 9.84 Å². The van der Waals surface area contributed by atoms with Crippen molar-refractivity contribution >= 4 is 69.7 Å². The van der Waals surface area contributed by atoms with Gasteiger partial charge in [0.25, 0.3) is 0 Å². The van der Waals surface area contributed by atoms with Crippen molar-refractivity contribution < 1.29 is 24.2 Å². The molecule has 20 heavy (non-hydrogen) atoms. The van der Waals surface area contributed by atoms with Gasteiger partial charge in [-0.3, -0.25) is 4.79 Å². The molecule has 0 aliphatic heterocycles. The van der Waals surface area contributed by atoms with Gasteiger partial charge >= 0.3 is 5.97 Å². The summed E-state index contributed by atoms with van der Waals surface area (Å²) in [7, 11) is 0. The SMILES string of the molecule is O=C(CCS)OCCOc1c(I)cc(I)cc1C(=O)[O-]. The van der Waals surface area contributed by atoms with Gasteiger partial charge in [0.2, 0.25) is 0 Å². The molecule has 8 heteroatoms. The largest absolute Gasteiger partial charge is 0.545 e. The first-order valence-electron chi connectivity index (χ1n) is 5.55. The summed E-state index contributed by atoms with van der Waals surface area (Å²) in [5.74, 6) is -1.01. The quantitative estimate of drug-likeness (QED) is 0.255. The second-order valence-corrected chi connectivity index (χ2v) is 6.45. The molecular formula is C12H11I2O5S-. The first kappa shape index (κ1) is 17.8. The lowest BCUT2D eigenvalue weighted by Gasteiger charge is -2.14. The fourth-order valence-electron chi connectivity index (χ4n) is 1.32. The Morgan fingerprint density at radius 1 is 1.25 bits per heavy atom. The van der Waals surface area contributed by atoms with Crippen molar-refractivity contribution in [3.05, 3.63) is 24.8 Å². The normalized spacial score (nSPS) is 10.2. The summed E-state index contributed by atoms with van der Waals surface area (Å²) in [6, 6.07) is 3.26. The Kier molecular flexibility index (Phi) is 7.95. The van der Waals surface area contributed by atoms with Crippen LogP contribution in [0.2, 0.25) is 0 Å². The van der Waals surface area contributed by atoms with Crippen LogP contribution >= 0.6 is 57.8 Å². The fraction of sp³-hybridized carbons (Fsp3) is 0.333. The Bertz CT molecular complexity index is 507. The highest BCUT2D eigenvalue weighted by Gasteiger charge is 2.11. The average Bonchev–Trinajstić information content (AvgIpc) is 2.36. The number of halogens is 2. The highest BCUT2D eigenvalue weighted by molar-refractivity contribution is 14.1. The fourth-order valence-corrected chi connectivity index (χ4v) is 3.50. The molecule has 1 aromatic carbocycles. The van der Waals surface area contributed by atoms with Crippen LogP contribution in [0.25, 0.3) is 0 Å². The molecule has 1 aromatic rings. The van der Waals surface area contributed by atoms with Crippen LogP contribution in [0.3, 0.4) is 0 Å². The minimum atomic E-state index is -1.30. The minimum Gasteiger partial charge on any atom is -0.545 e. The van der Waals surface area contributed by atoms with E-state index < -0.39 is 5.97 Å². The number of hydrogen-bond donors (Lipinski definition) is 1. The van der Waals surface area contributed by atoms with Gasteiger partial charge in [-0.05, 0) is 57.3 Å². The van der Waals surface area contributed by atoms with Gasteiger partial charge in [0.1, 0.15) is 19.0 Å². The van der Waals surface area contributed by atoms with Gasteiger partial charge in [0.15, 0.2) is 0 Å². The summed E-state index contributed by atoms with van der Waals surface area (Å²) in [5, 5.41) is 11.1. The number of esters is 1. The van der Waals surface area contributed by atoms with E-state index in [2.05, 4.69) is 12.6 Å². The Morgan fingerprint density at radius 3 is 2.55 bits per heavy atom. The van der Waals surface area contributed by atoms with E-state index in [1.54, 1.807) is 6.07 Å². The lowest BCUT2D eigenvalue weighted by Crippen LogP contribution is -2.24. The third kappa shape index (κ3) is 5.64. The van der Waals surface area contributed by atoms with E-state index in [1.807, 2.05) is 45.2 Å². The molecule has 0 saturated heterocycles. The molecule has 0 aliphatic carbocycles. The van der Waals surface area contributed by atoms with Crippen LogP contribution in [0.4, 0.5) is 0 Å². The van der Waals surface area contributed by atoms with Crippen LogP contribution in [-0.2, 0) is 9.53 Å². The van der Waals surface area contributed by atoms with Crippen LogP contribution in [0.1, 0.15) is 16.8 Å². The zero-order valence-corrected chi connectivity index (χ0v) is 15.4. The Morgan fingerprint density at radius 2 is 1.95 bits per heavy atom. The van der Waals surface area contributed by atoms with Gasteiger partial charge in [-0.2, -0.15) is 12.6 Å². The summed E-state index contributed by atoms with van der Waals surface area (Å²) in [5.41, 5.74) is -0.0111. The zero-order chi connectivity index (χ0) is 15.1. The number of carbonyl (C=O) groups excluding carboxylic acids is 2. The van der Waals surface area contributed by atoms with Crippen molar-refractivity contribution in [2.24, 2.45) is 0 Å². The molecule has 0 N–H and O–H groups in total. The maximum atomic E-state index is 11.1. The summed E-state index contributed by atoms with van der Waals surface area (Å²) in [6.45, 7) is 0.135. The lowest BCUT2D eigenvalue weighted by molar-refractivity contribution is -0.255. The van der Waals surface area contributed by atoms with Crippen LogP contribution in [0.15, 0.2) is 12.1 Å². The second kappa shape index (κ2) is 8.93. The molecule has 110 valence electrons. The van der Waals surface area contributed by atoms with Crippen LogP contribution in [-0.4, -0.2) is 30.9 Å². The second-order valence-electron chi connectivity index (χ2n) is 3.59. The molecule has 0 heterocycles. The van der Waals surface area contributed by atoms with Gasteiger partial charge in [-0.1, -0.05) is 0 Å². The predicted molar refractivity (Wildman–Crippen MR) is 91.1 cm³/mol. The van der Waals surface area contributed by atoms with Gasteiger partial charge < -0.3 is 19.4 Å². The van der Waals surface area contributed by atoms with E-state index in [0.717, 1.165) is 3.57 Å². The topological polar surface area (TPSA) is 75.7 Å². The van der Waals surface area contributed by atoms with E-state index in [-0.39, 0.29) is 36.9 Å². The minimum absolute atomic E-state index is 0.0111. The maximum absolute atomic E-state index is 11.1. The van der Waals surface area contributed by atoms with E-state index in [0.29, 0.717) is 9.32 Å². The van der Waals surface area contributed by atoms with Gasteiger partial charge in [0.05, 0.1) is 16.0 Å². The summed E-state index contributed by atoms with van der Waals surface area (Å²) < 4.78 is 11.7. The van der Waals surface area contributed by atoms with Crippen LogP contribution in [0, 0.1) is 7.14 Å². The van der Waals surface area contributed by atoms with E-state index in [1.165, 1.54) is 6.07 Å². The summed E-state index contributed by atoms with van der Waals surface area (Å²) >= 11 is 7.92. The molecule has 5 nitrogen and oxygen atoms in total. The van der Waals surface area contributed by atoms with Crippen molar-refractivity contribution in [1.29, 1.82) is 0 Å². The van der Waals surface area contributed by atoms with E-state index >= 15 is 0 Å². The molecular weight excluding hydrogens is 510 g/mol. The zero-order valence-electron chi connectivity index (χ0n) is 10.2. The molecule has 0 radical (unpaired) electrons. The van der Waals surface area contributed by atoms with Crippen molar-refractivity contribution in [2.75, 3.05) is 19.0 Å². The number of ether oxygens (including phenoxy) is 2. The summed E-state index contributed by atoms with van der Waals surface area (Å²) in [4.78, 5) is 22.2.